The molecule has 0 spiro atoms. The second-order valence-electron chi connectivity index (χ2n) is 7.16. The summed E-state index contributed by atoms with van der Waals surface area (Å²) >= 11 is 0. The van der Waals surface area contributed by atoms with E-state index in [-0.39, 0.29) is 11.2 Å². The van der Waals surface area contributed by atoms with E-state index >= 15 is 0 Å². The molecule has 10 nitrogen and oxygen atoms in total. The molecule has 31 heavy (non-hydrogen) atoms. The summed E-state index contributed by atoms with van der Waals surface area (Å²) in [5, 5.41) is 14.5. The molecule has 170 valence electrons. The highest BCUT2D eigenvalue weighted by Crippen LogP contribution is 2.33. The van der Waals surface area contributed by atoms with Crippen molar-refractivity contribution < 1.29 is 31.5 Å². The highest BCUT2D eigenvalue weighted by atomic mass is 32.2. The van der Waals surface area contributed by atoms with Crippen LogP contribution in [0.25, 0.3) is 0 Å². The van der Waals surface area contributed by atoms with Crippen LogP contribution in [0.4, 0.5) is 19.1 Å². The summed E-state index contributed by atoms with van der Waals surface area (Å²) in [6, 6.07) is 3.66. The first-order valence-electron chi connectivity index (χ1n) is 9.38. The molecule has 14 heteroatoms. The maximum absolute atomic E-state index is 12.7. The van der Waals surface area contributed by atoms with Gasteiger partial charge in [0.2, 0.25) is 16.0 Å². The van der Waals surface area contributed by atoms with Crippen LogP contribution in [0, 0.1) is 5.92 Å². The second kappa shape index (κ2) is 9.18. The van der Waals surface area contributed by atoms with Crippen LogP contribution in [-0.4, -0.2) is 68.1 Å². The van der Waals surface area contributed by atoms with Gasteiger partial charge in [0.05, 0.1) is 17.5 Å². The molecule has 1 atom stereocenters. The van der Waals surface area contributed by atoms with Crippen LogP contribution < -0.4 is 5.32 Å². The van der Waals surface area contributed by atoms with E-state index in [2.05, 4.69) is 20.4 Å². The third-order valence-corrected chi connectivity index (χ3v) is 7.01. The molecule has 3 heterocycles. The van der Waals surface area contributed by atoms with Crippen LogP contribution >= 0.6 is 0 Å². The Morgan fingerprint density at radius 2 is 1.84 bits per heavy atom. The van der Waals surface area contributed by atoms with Crippen molar-refractivity contribution in [3.8, 4) is 0 Å². The fourth-order valence-corrected chi connectivity index (χ4v) is 4.90. The van der Waals surface area contributed by atoms with Gasteiger partial charge in [-0.1, -0.05) is 0 Å². The Balaban J connectivity index is 0.000000339. The number of anilines is 1. The lowest BCUT2D eigenvalue weighted by Crippen LogP contribution is -2.38. The Morgan fingerprint density at radius 1 is 1.19 bits per heavy atom. The van der Waals surface area contributed by atoms with E-state index in [1.807, 2.05) is 10.7 Å². The summed E-state index contributed by atoms with van der Waals surface area (Å²) in [7, 11) is -3.22. The number of carbonyl (C=O) groups is 1. The number of hydrogen-bond acceptors (Lipinski definition) is 7. The summed E-state index contributed by atoms with van der Waals surface area (Å²) in [5.74, 6) is -2.10. The average Bonchev–Trinajstić information content (AvgIpc) is 3.51. The van der Waals surface area contributed by atoms with Gasteiger partial charge in [-0.2, -0.15) is 22.6 Å². The molecule has 0 saturated heterocycles. The van der Waals surface area contributed by atoms with Gasteiger partial charge in [-0.15, -0.1) is 0 Å². The van der Waals surface area contributed by atoms with Crippen LogP contribution in [0.1, 0.15) is 18.5 Å². The van der Waals surface area contributed by atoms with Crippen molar-refractivity contribution in [2.24, 2.45) is 5.92 Å². The van der Waals surface area contributed by atoms with Crippen LogP contribution in [0.2, 0.25) is 0 Å². The molecule has 1 saturated carbocycles. The van der Waals surface area contributed by atoms with Gasteiger partial charge >= 0.3 is 12.1 Å². The molecule has 1 unspecified atom stereocenters. The number of carboxylic acid groups (broad SMARTS) is 1. The number of fused-ring (bicyclic) bond motifs is 1. The van der Waals surface area contributed by atoms with Gasteiger partial charge < -0.3 is 10.4 Å². The number of alkyl halides is 3. The van der Waals surface area contributed by atoms with Crippen molar-refractivity contribution in [1.82, 2.24) is 24.1 Å². The first-order chi connectivity index (χ1) is 14.6. The fraction of sp³-hybridized carbons (Fsp3) is 0.529. The van der Waals surface area contributed by atoms with Crippen LogP contribution in [0.5, 0.6) is 0 Å². The van der Waals surface area contributed by atoms with E-state index < -0.39 is 22.2 Å². The summed E-state index contributed by atoms with van der Waals surface area (Å²) in [5.41, 5.74) is 0.942. The standard InChI is InChI=1S/C15H20N6O2S.C2HF3O2/c22-24(23,14-2-3-14)20-9-12(8-18-15-16-5-1-6-17-15)10-21-13(11-20)4-7-19-21;3-2(4,5)1(6)7/h1,4-7,12,14H,2-3,8-11H2,(H,16,17,18);(H,6,7). The molecule has 2 aromatic heterocycles. The van der Waals surface area contributed by atoms with Crippen LogP contribution in [0.3, 0.4) is 0 Å². The van der Waals surface area contributed by atoms with Crippen molar-refractivity contribution >= 4 is 21.9 Å². The zero-order valence-corrected chi connectivity index (χ0v) is 17.1. The van der Waals surface area contributed by atoms with Crippen molar-refractivity contribution in [3.05, 3.63) is 36.4 Å². The molecular formula is C17H21F3N6O4S. The molecule has 0 bridgehead atoms. The van der Waals surface area contributed by atoms with Crippen LogP contribution in [0.15, 0.2) is 30.7 Å². The van der Waals surface area contributed by atoms with Gasteiger partial charge in [0.1, 0.15) is 0 Å². The maximum Gasteiger partial charge on any atom is 0.490 e. The summed E-state index contributed by atoms with van der Waals surface area (Å²) in [6.07, 6.45) is 1.56. The second-order valence-corrected chi connectivity index (χ2v) is 9.38. The number of hydrogen-bond donors (Lipinski definition) is 2. The Morgan fingerprint density at radius 3 is 2.42 bits per heavy atom. The monoisotopic (exact) mass is 462 g/mol. The predicted molar refractivity (Wildman–Crippen MR) is 102 cm³/mol. The van der Waals surface area contributed by atoms with Crippen molar-refractivity contribution in [3.63, 3.8) is 0 Å². The Bertz CT molecular complexity index is 995. The van der Waals surface area contributed by atoms with E-state index in [0.29, 0.717) is 32.1 Å². The molecule has 1 fully saturated rings. The maximum atomic E-state index is 12.7. The summed E-state index contributed by atoms with van der Waals surface area (Å²) in [4.78, 5) is 17.2. The molecule has 4 rings (SSSR count). The lowest BCUT2D eigenvalue weighted by atomic mass is 10.1. The van der Waals surface area contributed by atoms with Gasteiger partial charge in [-0.05, 0) is 25.0 Å². The van der Waals surface area contributed by atoms with Crippen molar-refractivity contribution in [2.45, 2.75) is 37.4 Å². The fourth-order valence-electron chi connectivity index (χ4n) is 3.02. The molecule has 2 N–H and O–H groups in total. The van der Waals surface area contributed by atoms with E-state index in [1.54, 1.807) is 29.0 Å². The lowest BCUT2D eigenvalue weighted by Gasteiger charge is -2.23. The highest BCUT2D eigenvalue weighted by Gasteiger charge is 2.42. The molecule has 0 radical (unpaired) electrons. The summed E-state index contributed by atoms with van der Waals surface area (Å²) in [6.45, 7) is 2.16. The number of rotatable bonds is 5. The third kappa shape index (κ3) is 6.13. The van der Waals surface area contributed by atoms with Gasteiger partial charge in [-0.25, -0.2) is 23.2 Å². The van der Waals surface area contributed by atoms with E-state index in [1.165, 1.54) is 0 Å². The molecule has 2 aliphatic rings. The number of carboxylic acids is 1. The third-order valence-electron chi connectivity index (χ3n) is 4.70. The topological polar surface area (TPSA) is 130 Å². The SMILES string of the molecule is O=C(O)C(F)(F)F.O=S(=O)(C1CC1)N1Cc2ccnn2CC(CNc2ncccn2)C1. The Hall–Kier alpha value is -2.74. The lowest BCUT2D eigenvalue weighted by molar-refractivity contribution is -0.192. The number of nitrogens with zero attached hydrogens (tertiary/aromatic N) is 5. The average molecular weight is 462 g/mol. The Labute approximate surface area is 176 Å². The minimum atomic E-state index is -5.08. The van der Waals surface area contributed by atoms with E-state index in [0.717, 1.165) is 18.5 Å². The molecule has 1 aliphatic carbocycles. The Kier molecular flexibility index (Phi) is 6.79. The van der Waals surface area contributed by atoms with Crippen molar-refractivity contribution in [1.29, 1.82) is 0 Å². The van der Waals surface area contributed by atoms with Gasteiger partial charge in [0.25, 0.3) is 0 Å². The van der Waals surface area contributed by atoms with Gasteiger partial charge in [0, 0.05) is 44.1 Å². The number of aliphatic carboxylic acids is 1. The number of halogens is 3. The van der Waals surface area contributed by atoms with Gasteiger partial charge in [0.15, 0.2) is 0 Å². The number of sulfonamides is 1. The minimum absolute atomic E-state index is 0.100. The smallest absolute Gasteiger partial charge is 0.475 e. The van der Waals surface area contributed by atoms with E-state index in [9.17, 15) is 21.6 Å². The molecule has 0 aromatic carbocycles. The molecular weight excluding hydrogens is 441 g/mol. The van der Waals surface area contributed by atoms with Crippen LogP contribution in [-0.2, 0) is 27.9 Å². The zero-order valence-electron chi connectivity index (χ0n) is 16.2. The molecule has 0 amide bonds. The largest absolute Gasteiger partial charge is 0.490 e. The summed E-state index contributed by atoms with van der Waals surface area (Å²) < 4.78 is 60.7. The molecule has 1 aliphatic heterocycles. The molecule has 2 aromatic rings. The normalized spacial score (nSPS) is 19.5. The first kappa shape index (κ1) is 22.9. The predicted octanol–water partition coefficient (Wildman–Crippen LogP) is 1.34. The van der Waals surface area contributed by atoms with Gasteiger partial charge in [-0.3, -0.25) is 4.68 Å². The minimum Gasteiger partial charge on any atom is -0.475 e. The van der Waals surface area contributed by atoms with Crippen molar-refractivity contribution in [2.75, 3.05) is 18.4 Å². The quantitative estimate of drug-likeness (QED) is 0.681. The first-order valence-corrected chi connectivity index (χ1v) is 10.9. The number of nitrogens with one attached hydrogen (secondary N) is 1. The van der Waals surface area contributed by atoms with E-state index in [4.69, 9.17) is 9.90 Å². The number of aromatic nitrogens is 4. The zero-order chi connectivity index (χ0) is 22.6. The highest BCUT2D eigenvalue weighted by molar-refractivity contribution is 7.90.